The van der Waals surface area contributed by atoms with Crippen molar-refractivity contribution in [3.63, 3.8) is 0 Å². The Morgan fingerprint density at radius 2 is 1.50 bits per heavy atom. The fourth-order valence-corrected chi connectivity index (χ4v) is 1.03. The Kier molecular flexibility index (Phi) is 5.59. The third kappa shape index (κ3) is 5.15. The molecule has 0 spiro atoms. The van der Waals surface area contributed by atoms with Gasteiger partial charge in [0.15, 0.2) is 0 Å². The van der Waals surface area contributed by atoms with Gasteiger partial charge in [-0.05, 0) is 12.1 Å². The van der Waals surface area contributed by atoms with E-state index in [1.54, 1.807) is 24.3 Å². The first-order chi connectivity index (χ1) is 8.52. The van der Waals surface area contributed by atoms with Crippen molar-refractivity contribution in [2.75, 3.05) is 13.1 Å². The van der Waals surface area contributed by atoms with Crippen molar-refractivity contribution < 1.29 is 23.1 Å². The lowest BCUT2D eigenvalue weighted by molar-refractivity contribution is 0.0444. The molecule has 2 aliphatic rings. The maximum atomic E-state index is 10.8. The normalized spacial score (nSPS) is 16.3. The molecule has 3 N–H and O–H groups in total. The van der Waals surface area contributed by atoms with Crippen LogP contribution in [0.15, 0.2) is 24.3 Å². The molecular weight excluding hydrogens is 260 g/mol. The number of nitrogens with two attached hydrogens (primary N) is 1. The Labute approximate surface area is 106 Å². The van der Waals surface area contributed by atoms with Gasteiger partial charge in [0.05, 0.1) is 11.1 Å². The molecule has 1 aromatic rings. The molecule has 1 aromatic carbocycles. The molecule has 7 nitrogen and oxygen atoms in total. The number of nitrogens with one attached hydrogen (secondary N) is 1. The lowest BCUT2D eigenvalue weighted by Gasteiger charge is -1.86. The topological polar surface area (TPSA) is 131 Å². The minimum absolute atomic E-state index is 0.359. The van der Waals surface area contributed by atoms with Gasteiger partial charge in [-0.15, -0.1) is 0 Å². The number of fused-ring (bicyclic) bond motifs is 1. The molecule has 0 aliphatic carbocycles. The van der Waals surface area contributed by atoms with Crippen molar-refractivity contribution in [3.05, 3.63) is 35.4 Å². The number of benzene rings is 1. The average molecular weight is 271 g/mol. The Balaban J connectivity index is 0.000000192. The van der Waals surface area contributed by atoms with Gasteiger partial charge >= 0.3 is 11.9 Å². The SMILES string of the molecule is C1CN1.NS(=O)[O-].O=C1OC(=O)c2ccccc21. The van der Waals surface area contributed by atoms with Crippen LogP contribution < -0.4 is 10.5 Å². The summed E-state index contributed by atoms with van der Waals surface area (Å²) < 4.78 is 21.9. The van der Waals surface area contributed by atoms with Crippen molar-refractivity contribution >= 4 is 23.2 Å². The van der Waals surface area contributed by atoms with E-state index in [9.17, 15) is 9.59 Å². The zero-order chi connectivity index (χ0) is 13.5. The summed E-state index contributed by atoms with van der Waals surface area (Å²) in [6, 6.07) is 6.53. The van der Waals surface area contributed by atoms with E-state index < -0.39 is 23.2 Å². The number of cyclic esters (lactones) is 2. The third-order valence-corrected chi connectivity index (χ3v) is 1.80. The highest BCUT2D eigenvalue weighted by Crippen LogP contribution is 2.18. The molecular formula is C10H11N2O5S-. The molecule has 3 rings (SSSR count). The molecule has 18 heavy (non-hydrogen) atoms. The van der Waals surface area contributed by atoms with Crippen molar-refractivity contribution in [2.24, 2.45) is 5.14 Å². The molecule has 0 radical (unpaired) electrons. The molecule has 0 amide bonds. The predicted molar refractivity (Wildman–Crippen MR) is 62.2 cm³/mol. The monoisotopic (exact) mass is 271 g/mol. The summed E-state index contributed by atoms with van der Waals surface area (Å²) >= 11 is -2.36. The molecule has 1 fully saturated rings. The highest BCUT2D eigenvalue weighted by Gasteiger charge is 2.28. The van der Waals surface area contributed by atoms with Crippen LogP contribution in [0.4, 0.5) is 0 Å². The fraction of sp³-hybridized carbons (Fsp3) is 0.200. The molecule has 0 bridgehead atoms. The predicted octanol–water partition coefficient (Wildman–Crippen LogP) is -0.674. The van der Waals surface area contributed by atoms with Crippen molar-refractivity contribution in [1.29, 1.82) is 0 Å². The second-order valence-corrected chi connectivity index (χ2v) is 3.75. The van der Waals surface area contributed by atoms with E-state index in [0.717, 1.165) is 0 Å². The molecule has 1 unspecified atom stereocenters. The van der Waals surface area contributed by atoms with Gasteiger partial charge in [-0.25, -0.2) is 9.59 Å². The maximum Gasteiger partial charge on any atom is 0.346 e. The lowest BCUT2D eigenvalue weighted by Crippen LogP contribution is -1.97. The molecule has 1 atom stereocenters. The van der Waals surface area contributed by atoms with Crippen molar-refractivity contribution in [1.82, 2.24) is 5.32 Å². The molecule has 0 saturated carbocycles. The van der Waals surface area contributed by atoms with Crippen molar-refractivity contribution in [3.8, 4) is 0 Å². The van der Waals surface area contributed by atoms with Gasteiger partial charge in [0.2, 0.25) is 0 Å². The largest absolute Gasteiger partial charge is 0.760 e. The summed E-state index contributed by atoms with van der Waals surface area (Å²) in [5.41, 5.74) is 0.718. The second-order valence-electron chi connectivity index (χ2n) is 3.23. The van der Waals surface area contributed by atoms with Crippen molar-refractivity contribution in [2.45, 2.75) is 0 Å². The molecule has 8 heteroatoms. The summed E-state index contributed by atoms with van der Waals surface area (Å²) in [4.78, 5) is 21.7. The van der Waals surface area contributed by atoms with E-state index in [4.69, 9.17) is 8.76 Å². The van der Waals surface area contributed by atoms with E-state index in [0.29, 0.717) is 11.1 Å². The summed E-state index contributed by atoms with van der Waals surface area (Å²) in [5.74, 6) is -1.10. The van der Waals surface area contributed by atoms with Gasteiger partial charge in [0, 0.05) is 24.4 Å². The summed E-state index contributed by atoms with van der Waals surface area (Å²) in [6.07, 6.45) is 0. The quantitative estimate of drug-likeness (QED) is 0.278. The Bertz CT molecular complexity index is 435. The van der Waals surface area contributed by atoms with Gasteiger partial charge < -0.3 is 14.6 Å². The van der Waals surface area contributed by atoms with Crippen LogP contribution in [0.1, 0.15) is 20.7 Å². The Morgan fingerprint density at radius 1 is 1.17 bits per heavy atom. The molecule has 0 aromatic heterocycles. The smallest absolute Gasteiger partial charge is 0.346 e. The summed E-state index contributed by atoms with van der Waals surface area (Å²) in [6.45, 7) is 2.50. The van der Waals surface area contributed by atoms with Gasteiger partial charge in [-0.2, -0.15) is 0 Å². The highest BCUT2D eigenvalue weighted by atomic mass is 32.2. The van der Waals surface area contributed by atoms with Gasteiger partial charge in [0.1, 0.15) is 0 Å². The van der Waals surface area contributed by atoms with Gasteiger partial charge in [-0.1, -0.05) is 12.1 Å². The first kappa shape index (κ1) is 14.5. The number of carbonyl (C=O) groups is 2. The summed E-state index contributed by atoms with van der Waals surface area (Å²) in [5, 5.41) is 7.03. The van der Waals surface area contributed by atoms with Gasteiger partial charge in [-0.3, -0.25) is 9.35 Å². The van der Waals surface area contributed by atoms with Crippen LogP contribution in [0.3, 0.4) is 0 Å². The Hall–Kier alpha value is -1.61. The van der Waals surface area contributed by atoms with E-state index in [1.807, 2.05) is 0 Å². The number of carbonyl (C=O) groups excluding carboxylic acids is 2. The van der Waals surface area contributed by atoms with E-state index in [2.05, 4.69) is 15.2 Å². The maximum absolute atomic E-state index is 10.8. The van der Waals surface area contributed by atoms with Crippen LogP contribution in [-0.2, 0) is 16.0 Å². The zero-order valence-electron chi connectivity index (χ0n) is 9.25. The first-order valence-corrected chi connectivity index (χ1v) is 6.06. The Morgan fingerprint density at radius 3 is 1.78 bits per heavy atom. The number of hydrogen-bond donors (Lipinski definition) is 2. The average Bonchev–Trinajstić information content (AvgIpc) is 3.13. The number of hydrogen-bond acceptors (Lipinski definition) is 6. The fourth-order valence-electron chi connectivity index (χ4n) is 1.03. The third-order valence-electron chi connectivity index (χ3n) is 1.80. The lowest BCUT2D eigenvalue weighted by atomic mass is 10.1. The second kappa shape index (κ2) is 6.97. The van der Waals surface area contributed by atoms with E-state index in [1.165, 1.54) is 13.1 Å². The van der Waals surface area contributed by atoms with Crippen LogP contribution in [0, 0.1) is 0 Å². The molecule has 1 saturated heterocycles. The minimum atomic E-state index is -2.36. The zero-order valence-corrected chi connectivity index (χ0v) is 10.1. The molecule has 98 valence electrons. The van der Waals surface area contributed by atoms with E-state index >= 15 is 0 Å². The number of esters is 2. The van der Waals surface area contributed by atoms with Crippen LogP contribution in [-0.4, -0.2) is 33.8 Å². The minimum Gasteiger partial charge on any atom is -0.760 e. The standard InChI is InChI=1S/C8H4O3.C2H5N.H3NO2S/c9-7-5-3-1-2-4-6(5)8(10)11-7;1-2-3-1;1-4(2)3/h1-4H;3H,1-2H2;1H2,(H,2,3)/p-1. The number of rotatable bonds is 0. The molecule has 2 aliphatic heterocycles. The first-order valence-electron chi connectivity index (χ1n) is 4.92. The van der Waals surface area contributed by atoms with E-state index in [-0.39, 0.29) is 0 Å². The van der Waals surface area contributed by atoms with Crippen LogP contribution in [0.25, 0.3) is 0 Å². The van der Waals surface area contributed by atoms with Crippen LogP contribution >= 0.6 is 0 Å². The number of ether oxygens (including phenoxy) is 1. The van der Waals surface area contributed by atoms with Crippen LogP contribution in [0.5, 0.6) is 0 Å². The summed E-state index contributed by atoms with van der Waals surface area (Å²) in [7, 11) is 0. The van der Waals surface area contributed by atoms with Crippen LogP contribution in [0.2, 0.25) is 0 Å². The van der Waals surface area contributed by atoms with Gasteiger partial charge in [0.25, 0.3) is 0 Å². The highest BCUT2D eigenvalue weighted by molar-refractivity contribution is 7.76. The molecule has 2 heterocycles.